The summed E-state index contributed by atoms with van der Waals surface area (Å²) in [5, 5.41) is 0. The number of carbonyl (C=O) groups is 1. The standard InChI is InChI=1S/C16H27NO2/c1-15(2,3)19-14(18)17-6-4-12(5-7-17)8-16-9-13(10-16)11-16/h12-13H,4-11H2,1-3H3. The average molecular weight is 265 g/mol. The number of rotatable bonds is 2. The van der Waals surface area contributed by atoms with Gasteiger partial charge in [0.2, 0.25) is 0 Å². The number of likely N-dealkylation sites (tertiary alicyclic amines) is 1. The number of amides is 1. The van der Waals surface area contributed by atoms with Crippen LogP contribution in [0.5, 0.6) is 0 Å². The van der Waals surface area contributed by atoms with Crippen molar-refractivity contribution in [1.82, 2.24) is 4.90 Å². The van der Waals surface area contributed by atoms with Crippen LogP contribution in [0.1, 0.15) is 59.3 Å². The van der Waals surface area contributed by atoms with Crippen LogP contribution in [-0.2, 0) is 4.74 Å². The van der Waals surface area contributed by atoms with Crippen LogP contribution >= 0.6 is 0 Å². The van der Waals surface area contributed by atoms with Crippen molar-refractivity contribution in [2.45, 2.75) is 64.9 Å². The Kier molecular flexibility index (Phi) is 3.06. The van der Waals surface area contributed by atoms with E-state index in [2.05, 4.69) is 0 Å². The number of ether oxygens (including phenoxy) is 1. The highest BCUT2D eigenvalue weighted by Gasteiger charge is 2.56. The molecule has 3 nitrogen and oxygen atoms in total. The molecule has 3 heteroatoms. The quantitative estimate of drug-likeness (QED) is 0.759. The Balaban J connectivity index is 1.42. The van der Waals surface area contributed by atoms with Crippen molar-refractivity contribution in [3.05, 3.63) is 0 Å². The predicted molar refractivity (Wildman–Crippen MR) is 74.9 cm³/mol. The second-order valence-corrected chi connectivity index (χ2v) is 8.09. The molecule has 19 heavy (non-hydrogen) atoms. The smallest absolute Gasteiger partial charge is 0.410 e. The first kappa shape index (κ1) is 13.3. The molecular weight excluding hydrogens is 238 g/mol. The molecule has 4 aliphatic rings. The van der Waals surface area contributed by atoms with Crippen LogP contribution in [0, 0.1) is 17.3 Å². The van der Waals surface area contributed by atoms with E-state index < -0.39 is 0 Å². The maximum absolute atomic E-state index is 12.0. The second-order valence-electron chi connectivity index (χ2n) is 8.09. The molecule has 1 amide bonds. The largest absolute Gasteiger partial charge is 0.444 e. The summed E-state index contributed by atoms with van der Waals surface area (Å²) in [7, 11) is 0. The molecule has 1 aliphatic heterocycles. The summed E-state index contributed by atoms with van der Waals surface area (Å²) in [5.41, 5.74) is 0.378. The Morgan fingerprint density at radius 3 is 2.21 bits per heavy atom. The zero-order valence-corrected chi connectivity index (χ0v) is 12.6. The molecular formula is C16H27NO2. The van der Waals surface area contributed by atoms with Crippen molar-refractivity contribution in [3.63, 3.8) is 0 Å². The zero-order valence-electron chi connectivity index (χ0n) is 12.6. The van der Waals surface area contributed by atoms with E-state index in [1.807, 2.05) is 25.7 Å². The third-order valence-corrected chi connectivity index (χ3v) is 5.15. The summed E-state index contributed by atoms with van der Waals surface area (Å²) in [6.07, 6.45) is 8.14. The molecule has 108 valence electrons. The van der Waals surface area contributed by atoms with Crippen LogP contribution in [0.3, 0.4) is 0 Å². The minimum Gasteiger partial charge on any atom is -0.444 e. The molecule has 0 radical (unpaired) electrons. The van der Waals surface area contributed by atoms with Crippen LogP contribution in [0.25, 0.3) is 0 Å². The molecule has 4 fully saturated rings. The van der Waals surface area contributed by atoms with Gasteiger partial charge in [-0.2, -0.15) is 0 Å². The average Bonchev–Trinajstić information content (AvgIpc) is 2.20. The molecule has 0 atom stereocenters. The van der Waals surface area contributed by atoms with Crippen LogP contribution in [0.15, 0.2) is 0 Å². The van der Waals surface area contributed by atoms with E-state index >= 15 is 0 Å². The highest BCUT2D eigenvalue weighted by molar-refractivity contribution is 5.68. The summed E-state index contributed by atoms with van der Waals surface area (Å²) >= 11 is 0. The van der Waals surface area contributed by atoms with Gasteiger partial charge in [-0.15, -0.1) is 0 Å². The van der Waals surface area contributed by atoms with E-state index in [0.29, 0.717) is 0 Å². The molecule has 2 bridgehead atoms. The van der Waals surface area contributed by atoms with Crippen LogP contribution in [0.4, 0.5) is 4.79 Å². The molecule has 0 aromatic rings. The van der Waals surface area contributed by atoms with Gasteiger partial charge in [-0.05, 0) is 76.5 Å². The van der Waals surface area contributed by atoms with E-state index in [4.69, 9.17) is 4.74 Å². The lowest BCUT2D eigenvalue weighted by molar-refractivity contribution is -0.125. The maximum Gasteiger partial charge on any atom is 0.410 e. The first-order chi connectivity index (χ1) is 8.85. The lowest BCUT2D eigenvalue weighted by atomic mass is 9.42. The number of nitrogens with zero attached hydrogens (tertiary/aromatic N) is 1. The molecule has 0 spiro atoms. The molecule has 1 saturated heterocycles. The van der Waals surface area contributed by atoms with E-state index in [-0.39, 0.29) is 11.7 Å². The molecule has 0 aromatic carbocycles. The molecule has 0 N–H and O–H groups in total. The van der Waals surface area contributed by atoms with E-state index in [0.717, 1.165) is 30.3 Å². The Morgan fingerprint density at radius 1 is 1.21 bits per heavy atom. The van der Waals surface area contributed by atoms with Gasteiger partial charge < -0.3 is 9.64 Å². The first-order valence-electron chi connectivity index (χ1n) is 7.83. The van der Waals surface area contributed by atoms with E-state index in [1.54, 1.807) is 0 Å². The lowest BCUT2D eigenvalue weighted by Crippen LogP contribution is -2.53. The first-order valence-corrected chi connectivity index (χ1v) is 7.83. The highest BCUT2D eigenvalue weighted by Crippen LogP contribution is 2.67. The predicted octanol–water partition coefficient (Wildman–Crippen LogP) is 3.82. The number of carbonyl (C=O) groups excluding carboxylic acids is 1. The summed E-state index contributed by atoms with van der Waals surface area (Å²) in [6.45, 7) is 7.57. The molecule has 3 saturated carbocycles. The van der Waals surface area contributed by atoms with Gasteiger partial charge >= 0.3 is 6.09 Å². The fourth-order valence-electron chi connectivity index (χ4n) is 4.17. The SMILES string of the molecule is CC(C)(C)OC(=O)N1CCC(CC23CC(C2)C3)CC1. The molecule has 0 aromatic heterocycles. The number of hydrogen-bond acceptors (Lipinski definition) is 2. The van der Waals surface area contributed by atoms with Crippen LogP contribution < -0.4 is 0 Å². The van der Waals surface area contributed by atoms with Crippen molar-refractivity contribution in [2.75, 3.05) is 13.1 Å². The van der Waals surface area contributed by atoms with Crippen molar-refractivity contribution in [3.8, 4) is 0 Å². The van der Waals surface area contributed by atoms with Gasteiger partial charge in [-0.1, -0.05) is 0 Å². The van der Waals surface area contributed by atoms with Gasteiger partial charge in [0.05, 0.1) is 0 Å². The summed E-state index contributed by atoms with van der Waals surface area (Å²) in [5.74, 6) is 1.93. The van der Waals surface area contributed by atoms with Crippen molar-refractivity contribution < 1.29 is 9.53 Å². The van der Waals surface area contributed by atoms with Gasteiger partial charge in [0.25, 0.3) is 0 Å². The molecule has 1 heterocycles. The van der Waals surface area contributed by atoms with Crippen molar-refractivity contribution in [2.24, 2.45) is 17.3 Å². The Hall–Kier alpha value is -0.730. The van der Waals surface area contributed by atoms with E-state index in [1.165, 1.54) is 38.5 Å². The van der Waals surface area contributed by atoms with Gasteiger partial charge in [-0.3, -0.25) is 0 Å². The zero-order chi connectivity index (χ0) is 13.7. The van der Waals surface area contributed by atoms with Gasteiger partial charge in [-0.25, -0.2) is 4.79 Å². The van der Waals surface area contributed by atoms with Crippen molar-refractivity contribution in [1.29, 1.82) is 0 Å². The molecule has 4 rings (SSSR count). The van der Waals surface area contributed by atoms with Gasteiger partial charge in [0, 0.05) is 13.1 Å². The summed E-state index contributed by atoms with van der Waals surface area (Å²) in [6, 6.07) is 0. The normalized spacial score (nSPS) is 34.5. The fourth-order valence-corrected chi connectivity index (χ4v) is 4.17. The third-order valence-electron chi connectivity index (χ3n) is 5.15. The number of piperidine rings is 1. The molecule has 3 aliphatic carbocycles. The second kappa shape index (κ2) is 4.39. The molecule has 0 unspecified atom stereocenters. The summed E-state index contributed by atoms with van der Waals surface area (Å²) in [4.78, 5) is 13.9. The highest BCUT2D eigenvalue weighted by atomic mass is 16.6. The lowest BCUT2D eigenvalue weighted by Gasteiger charge is -2.63. The van der Waals surface area contributed by atoms with Gasteiger partial charge in [0.1, 0.15) is 5.60 Å². The van der Waals surface area contributed by atoms with Gasteiger partial charge in [0.15, 0.2) is 0 Å². The van der Waals surface area contributed by atoms with Crippen LogP contribution in [0.2, 0.25) is 0 Å². The minimum atomic E-state index is -0.375. The summed E-state index contributed by atoms with van der Waals surface area (Å²) < 4.78 is 5.44. The monoisotopic (exact) mass is 265 g/mol. The maximum atomic E-state index is 12.0. The fraction of sp³-hybridized carbons (Fsp3) is 0.938. The topological polar surface area (TPSA) is 29.5 Å². The third kappa shape index (κ3) is 2.75. The van der Waals surface area contributed by atoms with Crippen LogP contribution in [-0.4, -0.2) is 29.7 Å². The number of hydrogen-bond donors (Lipinski definition) is 0. The Bertz CT molecular complexity index is 346. The minimum absolute atomic E-state index is 0.128. The van der Waals surface area contributed by atoms with Crippen molar-refractivity contribution >= 4 is 6.09 Å². The van der Waals surface area contributed by atoms with E-state index in [9.17, 15) is 4.79 Å². The Labute approximate surface area is 116 Å². The Morgan fingerprint density at radius 2 is 1.79 bits per heavy atom.